The average Bonchev–Trinajstić information content (AvgIpc) is 2.08. The van der Waals surface area contributed by atoms with Crippen LogP contribution in [0.2, 0.25) is 0 Å². The molecule has 0 amide bonds. The van der Waals surface area contributed by atoms with Crippen molar-refractivity contribution >= 4 is 15.9 Å². The van der Waals surface area contributed by atoms with Crippen LogP contribution in [0.1, 0.15) is 12.5 Å². The first-order chi connectivity index (χ1) is 6.42. The molecule has 0 aliphatic heterocycles. The van der Waals surface area contributed by atoms with E-state index in [0.29, 0.717) is 0 Å². The lowest BCUT2D eigenvalue weighted by Crippen LogP contribution is -2.51. The summed E-state index contributed by atoms with van der Waals surface area (Å²) in [5, 5.41) is 0. The monoisotopic (exact) mass is 256 g/mol. The molecule has 1 unspecified atom stereocenters. The third-order valence-corrected chi connectivity index (χ3v) is 3.03. The quantitative estimate of drug-likeness (QED) is 0.841. The summed E-state index contributed by atoms with van der Waals surface area (Å²) in [7, 11) is 4.00. The van der Waals surface area contributed by atoms with E-state index in [1.165, 1.54) is 5.56 Å². The van der Waals surface area contributed by atoms with Crippen LogP contribution >= 0.6 is 15.9 Å². The van der Waals surface area contributed by atoms with Gasteiger partial charge in [0.1, 0.15) is 0 Å². The van der Waals surface area contributed by atoms with Gasteiger partial charge >= 0.3 is 0 Å². The van der Waals surface area contributed by atoms with Crippen LogP contribution in [0.3, 0.4) is 0 Å². The molecule has 1 atom stereocenters. The second kappa shape index (κ2) is 4.43. The number of hydrogen-bond acceptors (Lipinski definition) is 2. The predicted octanol–water partition coefficient (Wildman–Crippen LogP) is 2.23. The molecule has 0 saturated heterocycles. The zero-order valence-corrected chi connectivity index (χ0v) is 10.5. The molecule has 0 spiro atoms. The van der Waals surface area contributed by atoms with Crippen molar-refractivity contribution < 1.29 is 0 Å². The summed E-state index contributed by atoms with van der Waals surface area (Å²) in [5.41, 5.74) is 7.12. The van der Waals surface area contributed by atoms with Crippen LogP contribution in [0.5, 0.6) is 0 Å². The molecule has 0 aliphatic carbocycles. The molecular weight excluding hydrogens is 240 g/mol. The molecule has 0 fully saturated rings. The van der Waals surface area contributed by atoms with Crippen molar-refractivity contribution in [1.82, 2.24) is 4.90 Å². The maximum atomic E-state index is 6.14. The van der Waals surface area contributed by atoms with Gasteiger partial charge in [-0.15, -0.1) is 0 Å². The molecule has 1 aromatic carbocycles. The molecule has 1 rings (SSSR count). The first-order valence-corrected chi connectivity index (χ1v) is 5.42. The van der Waals surface area contributed by atoms with Crippen LogP contribution < -0.4 is 5.73 Å². The molecule has 14 heavy (non-hydrogen) atoms. The minimum atomic E-state index is -0.284. The molecule has 2 nitrogen and oxygen atoms in total. The summed E-state index contributed by atoms with van der Waals surface area (Å²) >= 11 is 3.41. The smallest absolute Gasteiger partial charge is 0.0694 e. The lowest BCUT2D eigenvalue weighted by molar-refractivity contribution is 0.180. The van der Waals surface area contributed by atoms with Crippen molar-refractivity contribution in [3.63, 3.8) is 0 Å². The highest BCUT2D eigenvalue weighted by atomic mass is 79.9. The standard InChI is InChI=1S/C11H17BrN2/c1-11(13,14(2)3)8-9-4-6-10(12)7-5-9/h4-7H,8,13H2,1-3H3. The SMILES string of the molecule is CN(C)C(C)(N)Cc1ccc(Br)cc1. The number of rotatable bonds is 3. The van der Waals surface area contributed by atoms with E-state index in [0.717, 1.165) is 10.9 Å². The van der Waals surface area contributed by atoms with Gasteiger partial charge in [-0.05, 0) is 38.7 Å². The lowest BCUT2D eigenvalue weighted by atomic mass is 10.0. The molecular formula is C11H17BrN2. The van der Waals surface area contributed by atoms with E-state index in [1.54, 1.807) is 0 Å². The van der Waals surface area contributed by atoms with Crippen molar-refractivity contribution in [2.24, 2.45) is 5.73 Å². The average molecular weight is 257 g/mol. The summed E-state index contributed by atoms with van der Waals surface area (Å²) in [6.45, 7) is 2.04. The third kappa shape index (κ3) is 3.08. The molecule has 0 aromatic heterocycles. The topological polar surface area (TPSA) is 29.3 Å². The van der Waals surface area contributed by atoms with E-state index in [9.17, 15) is 0 Å². The van der Waals surface area contributed by atoms with Gasteiger partial charge in [0, 0.05) is 10.9 Å². The van der Waals surface area contributed by atoms with Gasteiger partial charge in [-0.1, -0.05) is 28.1 Å². The van der Waals surface area contributed by atoms with Crippen LogP contribution in [-0.4, -0.2) is 24.7 Å². The van der Waals surface area contributed by atoms with Crippen molar-refractivity contribution in [2.45, 2.75) is 19.0 Å². The highest BCUT2D eigenvalue weighted by molar-refractivity contribution is 9.10. The molecule has 0 saturated carbocycles. The fourth-order valence-electron chi connectivity index (χ4n) is 1.17. The summed E-state index contributed by atoms with van der Waals surface area (Å²) in [6.07, 6.45) is 0.854. The summed E-state index contributed by atoms with van der Waals surface area (Å²) in [5.74, 6) is 0. The van der Waals surface area contributed by atoms with Crippen LogP contribution in [0.15, 0.2) is 28.7 Å². The van der Waals surface area contributed by atoms with Gasteiger partial charge in [-0.2, -0.15) is 0 Å². The van der Waals surface area contributed by atoms with Gasteiger partial charge < -0.3 is 5.73 Å². The normalized spacial score (nSPS) is 15.6. The second-order valence-electron chi connectivity index (χ2n) is 4.05. The Morgan fingerprint density at radius 2 is 1.79 bits per heavy atom. The van der Waals surface area contributed by atoms with Crippen molar-refractivity contribution in [3.05, 3.63) is 34.3 Å². The number of likely N-dealkylation sites (N-methyl/N-ethyl adjacent to an activating group) is 1. The van der Waals surface area contributed by atoms with Crippen LogP contribution in [0.4, 0.5) is 0 Å². The van der Waals surface area contributed by atoms with Crippen molar-refractivity contribution in [2.75, 3.05) is 14.1 Å². The zero-order valence-electron chi connectivity index (χ0n) is 8.92. The van der Waals surface area contributed by atoms with E-state index in [1.807, 2.05) is 38.1 Å². The van der Waals surface area contributed by atoms with Gasteiger partial charge in [0.15, 0.2) is 0 Å². The van der Waals surface area contributed by atoms with E-state index in [4.69, 9.17) is 5.73 Å². The molecule has 78 valence electrons. The van der Waals surface area contributed by atoms with Crippen LogP contribution in [0.25, 0.3) is 0 Å². The van der Waals surface area contributed by atoms with E-state index in [-0.39, 0.29) is 5.66 Å². The number of nitrogens with two attached hydrogens (primary N) is 1. The fourth-order valence-corrected chi connectivity index (χ4v) is 1.44. The predicted molar refractivity (Wildman–Crippen MR) is 64.1 cm³/mol. The Bertz CT molecular complexity index is 291. The molecule has 3 heteroatoms. The van der Waals surface area contributed by atoms with Gasteiger partial charge in [0.05, 0.1) is 5.66 Å². The van der Waals surface area contributed by atoms with Gasteiger partial charge in [-0.25, -0.2) is 0 Å². The lowest BCUT2D eigenvalue weighted by Gasteiger charge is -2.32. The Morgan fingerprint density at radius 3 is 2.21 bits per heavy atom. The Labute approximate surface area is 94.2 Å². The first-order valence-electron chi connectivity index (χ1n) is 4.62. The van der Waals surface area contributed by atoms with Gasteiger partial charge in [0.2, 0.25) is 0 Å². The zero-order chi connectivity index (χ0) is 10.8. The van der Waals surface area contributed by atoms with Crippen molar-refractivity contribution in [1.29, 1.82) is 0 Å². The molecule has 2 N–H and O–H groups in total. The third-order valence-electron chi connectivity index (χ3n) is 2.50. The molecule has 0 aliphatic rings. The number of benzene rings is 1. The Balaban J connectivity index is 2.74. The highest BCUT2D eigenvalue weighted by Crippen LogP contribution is 2.15. The largest absolute Gasteiger partial charge is 0.313 e. The van der Waals surface area contributed by atoms with Crippen LogP contribution in [0, 0.1) is 0 Å². The van der Waals surface area contributed by atoms with Gasteiger partial charge in [-0.3, -0.25) is 4.90 Å². The van der Waals surface area contributed by atoms with E-state index in [2.05, 4.69) is 28.1 Å². The number of hydrogen-bond donors (Lipinski definition) is 1. The van der Waals surface area contributed by atoms with Crippen LogP contribution in [-0.2, 0) is 6.42 Å². The molecule has 0 heterocycles. The summed E-state index contributed by atoms with van der Waals surface area (Å²) in [6, 6.07) is 8.28. The number of halogens is 1. The Morgan fingerprint density at radius 1 is 1.29 bits per heavy atom. The minimum Gasteiger partial charge on any atom is -0.313 e. The molecule has 1 aromatic rings. The Hall–Kier alpha value is -0.380. The maximum Gasteiger partial charge on any atom is 0.0694 e. The molecule has 0 bridgehead atoms. The van der Waals surface area contributed by atoms with Gasteiger partial charge in [0.25, 0.3) is 0 Å². The highest BCUT2D eigenvalue weighted by Gasteiger charge is 2.20. The number of nitrogens with zero attached hydrogens (tertiary/aromatic N) is 1. The molecule has 0 radical (unpaired) electrons. The van der Waals surface area contributed by atoms with E-state index < -0.39 is 0 Å². The fraction of sp³-hybridized carbons (Fsp3) is 0.455. The van der Waals surface area contributed by atoms with E-state index >= 15 is 0 Å². The Kier molecular flexibility index (Phi) is 3.70. The van der Waals surface area contributed by atoms with Crippen molar-refractivity contribution in [3.8, 4) is 0 Å². The second-order valence-corrected chi connectivity index (χ2v) is 4.97. The first kappa shape index (κ1) is 11.7. The summed E-state index contributed by atoms with van der Waals surface area (Å²) < 4.78 is 1.10. The summed E-state index contributed by atoms with van der Waals surface area (Å²) in [4.78, 5) is 2.04. The minimum absolute atomic E-state index is 0.284. The maximum absolute atomic E-state index is 6.14.